The van der Waals surface area contributed by atoms with E-state index in [2.05, 4.69) is 30.5 Å². The highest BCUT2D eigenvalue weighted by Gasteiger charge is 2.29. The predicted octanol–water partition coefficient (Wildman–Crippen LogP) is 1.14. The van der Waals surface area contributed by atoms with Gasteiger partial charge in [-0.05, 0) is 25.3 Å². The van der Waals surface area contributed by atoms with Crippen LogP contribution in [0.4, 0.5) is 0 Å². The number of nitrogens with two attached hydrogens (primary N) is 1. The van der Waals surface area contributed by atoms with Crippen molar-refractivity contribution >= 4 is 5.71 Å². The van der Waals surface area contributed by atoms with Crippen LogP contribution in [-0.4, -0.2) is 22.8 Å². The second-order valence-electron chi connectivity index (χ2n) is 4.69. The van der Waals surface area contributed by atoms with Gasteiger partial charge in [0.15, 0.2) is 11.6 Å². The first kappa shape index (κ1) is 11.0. The van der Waals surface area contributed by atoms with E-state index in [1.165, 1.54) is 5.70 Å². The fourth-order valence-corrected chi connectivity index (χ4v) is 1.90. The van der Waals surface area contributed by atoms with Crippen LogP contribution in [0.1, 0.15) is 27.2 Å². The van der Waals surface area contributed by atoms with Gasteiger partial charge in [0.2, 0.25) is 0 Å². The molecule has 0 unspecified atom stereocenters. The Morgan fingerprint density at radius 2 is 2.19 bits per heavy atom. The van der Waals surface area contributed by atoms with Gasteiger partial charge in [0.25, 0.3) is 0 Å². The maximum atomic E-state index is 5.96. The fourth-order valence-electron chi connectivity index (χ4n) is 1.90. The molecule has 0 aromatic carbocycles. The van der Waals surface area contributed by atoms with Gasteiger partial charge < -0.3 is 5.73 Å². The van der Waals surface area contributed by atoms with Crippen LogP contribution in [0.2, 0.25) is 0 Å². The lowest BCUT2D eigenvalue weighted by atomic mass is 10.1. The SMILES string of the molecule is CC1=NC2=C(N)N(C)NN2C(CC(C)C)=C1. The summed E-state index contributed by atoms with van der Waals surface area (Å²) in [6, 6.07) is 0. The van der Waals surface area contributed by atoms with Crippen molar-refractivity contribution in [3.8, 4) is 0 Å². The molecule has 0 aromatic rings. The largest absolute Gasteiger partial charge is 0.381 e. The smallest absolute Gasteiger partial charge is 0.191 e. The van der Waals surface area contributed by atoms with Gasteiger partial charge in [-0.3, -0.25) is 5.01 Å². The standard InChI is InChI=1S/C11H19N5/c1-7(2)5-9-6-8(3)13-11-10(12)15(4)14-16(9)11/h6-7,14H,5,12H2,1-4H3. The molecule has 2 heterocycles. The highest BCUT2D eigenvalue weighted by Crippen LogP contribution is 2.28. The third kappa shape index (κ3) is 1.78. The molecular weight excluding hydrogens is 202 g/mol. The van der Waals surface area contributed by atoms with Gasteiger partial charge in [-0.2, -0.15) is 0 Å². The lowest BCUT2D eigenvalue weighted by Crippen LogP contribution is -2.40. The summed E-state index contributed by atoms with van der Waals surface area (Å²) < 4.78 is 0. The summed E-state index contributed by atoms with van der Waals surface area (Å²) in [7, 11) is 1.89. The highest BCUT2D eigenvalue weighted by atomic mass is 15.8. The number of hydrogen-bond donors (Lipinski definition) is 2. The maximum absolute atomic E-state index is 5.96. The third-order valence-corrected chi connectivity index (χ3v) is 2.61. The van der Waals surface area contributed by atoms with Crippen molar-refractivity contribution in [2.24, 2.45) is 16.6 Å². The Kier molecular flexibility index (Phi) is 2.63. The Labute approximate surface area is 96.2 Å². The molecule has 0 amide bonds. The predicted molar refractivity (Wildman–Crippen MR) is 64.6 cm³/mol. The molecule has 0 spiro atoms. The lowest BCUT2D eigenvalue weighted by Gasteiger charge is -2.27. The first-order valence-electron chi connectivity index (χ1n) is 5.54. The average Bonchev–Trinajstić information content (AvgIpc) is 2.44. The highest BCUT2D eigenvalue weighted by molar-refractivity contribution is 5.95. The Bertz CT molecular complexity index is 391. The van der Waals surface area contributed by atoms with Gasteiger partial charge in [0.1, 0.15) is 0 Å². The molecule has 88 valence electrons. The molecule has 2 aliphatic heterocycles. The molecule has 5 nitrogen and oxygen atoms in total. The van der Waals surface area contributed by atoms with Crippen LogP contribution in [-0.2, 0) is 0 Å². The van der Waals surface area contributed by atoms with Gasteiger partial charge in [0.05, 0.1) is 0 Å². The zero-order valence-corrected chi connectivity index (χ0v) is 10.3. The molecule has 3 N–H and O–H groups in total. The minimum absolute atomic E-state index is 0.604. The molecule has 0 aromatic heterocycles. The summed E-state index contributed by atoms with van der Waals surface area (Å²) in [5.74, 6) is 2.07. The van der Waals surface area contributed by atoms with Gasteiger partial charge >= 0.3 is 0 Å². The first-order chi connectivity index (χ1) is 7.49. The number of hydrazine groups is 2. The van der Waals surface area contributed by atoms with E-state index in [-0.39, 0.29) is 0 Å². The monoisotopic (exact) mass is 221 g/mol. The minimum atomic E-state index is 0.604. The lowest BCUT2D eigenvalue weighted by molar-refractivity contribution is 0.171. The molecule has 0 saturated carbocycles. The van der Waals surface area contributed by atoms with Crippen molar-refractivity contribution in [1.82, 2.24) is 15.6 Å². The maximum Gasteiger partial charge on any atom is 0.191 e. The number of rotatable bonds is 2. The summed E-state index contributed by atoms with van der Waals surface area (Å²) in [5, 5.41) is 3.74. The summed E-state index contributed by atoms with van der Waals surface area (Å²) in [5.41, 5.74) is 11.3. The molecule has 0 fully saturated rings. The normalized spacial score (nSPS) is 20.3. The molecule has 16 heavy (non-hydrogen) atoms. The van der Waals surface area contributed by atoms with Gasteiger partial charge in [-0.1, -0.05) is 13.8 Å². The summed E-state index contributed by atoms with van der Waals surface area (Å²) in [6.07, 6.45) is 3.10. The zero-order chi connectivity index (χ0) is 11.9. The van der Waals surface area contributed by atoms with E-state index in [4.69, 9.17) is 5.73 Å². The Morgan fingerprint density at radius 3 is 2.81 bits per heavy atom. The van der Waals surface area contributed by atoms with Crippen molar-refractivity contribution in [2.75, 3.05) is 7.05 Å². The molecule has 0 radical (unpaired) electrons. The second kappa shape index (κ2) is 3.83. The van der Waals surface area contributed by atoms with Crippen molar-refractivity contribution in [2.45, 2.75) is 27.2 Å². The molecule has 2 aliphatic rings. The van der Waals surface area contributed by atoms with Crippen LogP contribution >= 0.6 is 0 Å². The molecule has 0 aliphatic carbocycles. The van der Waals surface area contributed by atoms with E-state index in [0.29, 0.717) is 11.7 Å². The molecule has 0 bridgehead atoms. The fraction of sp³-hybridized carbons (Fsp3) is 0.545. The summed E-state index contributed by atoms with van der Waals surface area (Å²) in [4.78, 5) is 4.45. The van der Waals surface area contributed by atoms with E-state index < -0.39 is 0 Å². The Hall–Kier alpha value is -1.49. The molecule has 0 saturated heterocycles. The van der Waals surface area contributed by atoms with E-state index in [0.717, 1.165) is 18.0 Å². The number of nitrogens with zero attached hydrogens (tertiary/aromatic N) is 3. The van der Waals surface area contributed by atoms with Crippen molar-refractivity contribution in [1.29, 1.82) is 0 Å². The van der Waals surface area contributed by atoms with Crippen molar-refractivity contribution in [3.05, 3.63) is 23.4 Å². The molecule has 5 heteroatoms. The molecular formula is C11H19N5. The number of fused-ring (bicyclic) bond motifs is 1. The van der Waals surface area contributed by atoms with Crippen LogP contribution in [0, 0.1) is 5.92 Å². The van der Waals surface area contributed by atoms with Crippen molar-refractivity contribution in [3.63, 3.8) is 0 Å². The quantitative estimate of drug-likeness (QED) is 0.734. The minimum Gasteiger partial charge on any atom is -0.381 e. The number of aliphatic imine (C=N–C) groups is 1. The van der Waals surface area contributed by atoms with Crippen LogP contribution in [0.15, 0.2) is 28.4 Å². The molecule has 0 atom stereocenters. The van der Waals surface area contributed by atoms with E-state index in [9.17, 15) is 0 Å². The molecule has 2 rings (SSSR count). The Balaban J connectivity index is 2.33. The second-order valence-corrected chi connectivity index (χ2v) is 4.69. The van der Waals surface area contributed by atoms with Crippen LogP contribution in [0.3, 0.4) is 0 Å². The number of allylic oxidation sites excluding steroid dienone is 2. The van der Waals surface area contributed by atoms with Gasteiger partial charge in [-0.25, -0.2) is 10.0 Å². The Morgan fingerprint density at radius 1 is 1.50 bits per heavy atom. The van der Waals surface area contributed by atoms with E-state index in [1.54, 1.807) is 5.01 Å². The van der Waals surface area contributed by atoms with E-state index >= 15 is 0 Å². The topological polar surface area (TPSA) is 56.9 Å². The van der Waals surface area contributed by atoms with Crippen LogP contribution in [0.5, 0.6) is 0 Å². The number of nitrogens with one attached hydrogen (secondary N) is 1. The van der Waals surface area contributed by atoms with Crippen LogP contribution < -0.4 is 11.3 Å². The van der Waals surface area contributed by atoms with E-state index in [1.807, 2.05) is 19.0 Å². The first-order valence-corrected chi connectivity index (χ1v) is 5.54. The number of hydrogen-bond acceptors (Lipinski definition) is 5. The zero-order valence-electron chi connectivity index (χ0n) is 10.3. The third-order valence-electron chi connectivity index (χ3n) is 2.61. The van der Waals surface area contributed by atoms with Crippen LogP contribution in [0.25, 0.3) is 0 Å². The summed E-state index contributed by atoms with van der Waals surface area (Å²) >= 11 is 0. The van der Waals surface area contributed by atoms with Gasteiger partial charge in [-0.15, -0.1) is 5.53 Å². The summed E-state index contributed by atoms with van der Waals surface area (Å²) in [6.45, 7) is 6.40. The van der Waals surface area contributed by atoms with Crippen molar-refractivity contribution < 1.29 is 0 Å². The van der Waals surface area contributed by atoms with Gasteiger partial charge in [0, 0.05) is 18.5 Å². The average molecular weight is 221 g/mol.